The number of rotatable bonds is 6. The van der Waals surface area contributed by atoms with Crippen molar-refractivity contribution in [1.29, 1.82) is 0 Å². The van der Waals surface area contributed by atoms with Gasteiger partial charge in [-0.25, -0.2) is 0 Å². The van der Waals surface area contributed by atoms with Crippen LogP contribution in [0.2, 0.25) is 0 Å². The maximum absolute atomic E-state index is 11.3. The summed E-state index contributed by atoms with van der Waals surface area (Å²) in [7, 11) is 1.43. The maximum Gasteiger partial charge on any atom is 0.316 e. The number of ketones is 1. The molecule has 0 saturated carbocycles. The Morgan fingerprint density at radius 2 is 1.92 bits per heavy atom. The van der Waals surface area contributed by atoms with Crippen molar-refractivity contribution in [3.63, 3.8) is 0 Å². The van der Waals surface area contributed by atoms with Crippen molar-refractivity contribution in [1.82, 2.24) is 0 Å². The Balaban J connectivity index is 4.15. The van der Waals surface area contributed by atoms with E-state index in [-0.39, 0.29) is 12.4 Å². The van der Waals surface area contributed by atoms with Gasteiger partial charge in [-0.1, -0.05) is 6.92 Å². The Hall–Kier alpha value is -0.900. The first-order valence-corrected chi connectivity index (χ1v) is 4.35. The summed E-state index contributed by atoms with van der Waals surface area (Å²) in [5.74, 6) is -1.34. The lowest BCUT2D eigenvalue weighted by molar-refractivity contribution is -0.152. The summed E-state index contributed by atoms with van der Waals surface area (Å²) in [5.41, 5.74) is 0. The van der Waals surface area contributed by atoms with Crippen molar-refractivity contribution in [3.05, 3.63) is 0 Å². The van der Waals surface area contributed by atoms with Crippen LogP contribution in [-0.4, -0.2) is 32.1 Å². The molecule has 0 aliphatic heterocycles. The fraction of sp³-hybridized carbons (Fsp3) is 0.778. The third-order valence-electron chi connectivity index (χ3n) is 1.65. The van der Waals surface area contributed by atoms with E-state index in [1.165, 1.54) is 7.11 Å². The van der Waals surface area contributed by atoms with Gasteiger partial charge in [0.05, 0.1) is 6.61 Å². The topological polar surface area (TPSA) is 52.6 Å². The first-order valence-electron chi connectivity index (χ1n) is 4.35. The summed E-state index contributed by atoms with van der Waals surface area (Å²) in [6.07, 6.45) is 0.459. The second-order valence-corrected chi connectivity index (χ2v) is 2.61. The highest BCUT2D eigenvalue weighted by Gasteiger charge is 2.25. The number of esters is 1. The lowest BCUT2D eigenvalue weighted by Gasteiger charge is -2.11. The minimum absolute atomic E-state index is 0.0304. The molecule has 0 amide bonds. The Morgan fingerprint density at radius 3 is 2.31 bits per heavy atom. The van der Waals surface area contributed by atoms with Gasteiger partial charge in [0.1, 0.15) is 12.5 Å². The first kappa shape index (κ1) is 12.1. The van der Waals surface area contributed by atoms with Gasteiger partial charge in [0.2, 0.25) is 0 Å². The summed E-state index contributed by atoms with van der Waals surface area (Å²) in [6.45, 7) is 3.76. The summed E-state index contributed by atoms with van der Waals surface area (Å²) in [5, 5.41) is 0. The second kappa shape index (κ2) is 6.60. The third kappa shape index (κ3) is 4.03. The van der Waals surface area contributed by atoms with Gasteiger partial charge < -0.3 is 9.47 Å². The van der Waals surface area contributed by atoms with Crippen molar-refractivity contribution < 1.29 is 19.1 Å². The van der Waals surface area contributed by atoms with E-state index in [1.54, 1.807) is 13.8 Å². The highest BCUT2D eigenvalue weighted by Crippen LogP contribution is 2.07. The molecule has 1 unspecified atom stereocenters. The number of hydrogen-bond acceptors (Lipinski definition) is 4. The van der Waals surface area contributed by atoms with Gasteiger partial charge in [-0.15, -0.1) is 0 Å². The van der Waals surface area contributed by atoms with E-state index < -0.39 is 11.9 Å². The number of methoxy groups -OCH3 is 1. The van der Waals surface area contributed by atoms with Crippen molar-refractivity contribution in [3.8, 4) is 0 Å². The van der Waals surface area contributed by atoms with Gasteiger partial charge >= 0.3 is 5.97 Å². The number of Topliss-reactive ketones (excluding diaryl/α,β-unsaturated/α-hetero) is 1. The Labute approximate surface area is 78.2 Å². The molecule has 0 radical (unpaired) electrons. The SMILES string of the molecule is CCOC(=O)C(CC)C(=O)COC. The van der Waals surface area contributed by atoms with Crippen LogP contribution in [0.5, 0.6) is 0 Å². The summed E-state index contributed by atoms with van der Waals surface area (Å²) >= 11 is 0. The molecule has 4 heteroatoms. The molecule has 0 aromatic rings. The lowest BCUT2D eigenvalue weighted by atomic mass is 10.0. The highest BCUT2D eigenvalue weighted by molar-refractivity contribution is 5.99. The van der Waals surface area contributed by atoms with Crippen LogP contribution < -0.4 is 0 Å². The van der Waals surface area contributed by atoms with Crippen LogP contribution in [0.15, 0.2) is 0 Å². The van der Waals surface area contributed by atoms with Crippen LogP contribution in [-0.2, 0) is 19.1 Å². The zero-order valence-electron chi connectivity index (χ0n) is 8.33. The summed E-state index contributed by atoms with van der Waals surface area (Å²) in [6, 6.07) is 0. The molecule has 0 N–H and O–H groups in total. The number of hydrogen-bond donors (Lipinski definition) is 0. The largest absolute Gasteiger partial charge is 0.465 e. The fourth-order valence-corrected chi connectivity index (χ4v) is 1.01. The number of ether oxygens (including phenoxy) is 2. The number of carbonyl (C=O) groups excluding carboxylic acids is 2. The molecule has 0 heterocycles. The van der Waals surface area contributed by atoms with Gasteiger partial charge in [0.25, 0.3) is 0 Å². The molecule has 0 fully saturated rings. The van der Waals surface area contributed by atoms with Gasteiger partial charge in [-0.3, -0.25) is 9.59 Å². The van der Waals surface area contributed by atoms with E-state index in [4.69, 9.17) is 4.74 Å². The van der Waals surface area contributed by atoms with Crippen molar-refractivity contribution in [2.75, 3.05) is 20.3 Å². The van der Waals surface area contributed by atoms with Gasteiger partial charge in [0.15, 0.2) is 5.78 Å². The van der Waals surface area contributed by atoms with Crippen LogP contribution in [0.3, 0.4) is 0 Å². The normalized spacial score (nSPS) is 12.2. The Morgan fingerprint density at radius 1 is 1.31 bits per heavy atom. The quantitative estimate of drug-likeness (QED) is 0.457. The summed E-state index contributed by atoms with van der Waals surface area (Å²) < 4.78 is 9.40. The molecule has 1 atom stereocenters. The Kier molecular flexibility index (Phi) is 6.14. The third-order valence-corrected chi connectivity index (χ3v) is 1.65. The zero-order valence-corrected chi connectivity index (χ0v) is 8.33. The van der Waals surface area contributed by atoms with E-state index in [9.17, 15) is 9.59 Å². The minimum Gasteiger partial charge on any atom is -0.465 e. The van der Waals surface area contributed by atoms with Gasteiger partial charge in [-0.05, 0) is 13.3 Å². The zero-order chi connectivity index (χ0) is 10.3. The van der Waals surface area contributed by atoms with Crippen molar-refractivity contribution in [2.24, 2.45) is 5.92 Å². The number of carbonyl (C=O) groups is 2. The second-order valence-electron chi connectivity index (χ2n) is 2.61. The van der Waals surface area contributed by atoms with E-state index in [2.05, 4.69) is 4.74 Å². The smallest absolute Gasteiger partial charge is 0.316 e. The molecular formula is C9H16O4. The van der Waals surface area contributed by atoms with E-state index in [0.29, 0.717) is 13.0 Å². The molecule has 0 saturated heterocycles. The molecule has 0 aliphatic carbocycles. The fourth-order valence-electron chi connectivity index (χ4n) is 1.01. The predicted octanol–water partition coefficient (Wildman–Crippen LogP) is 0.791. The molecule has 0 spiro atoms. The minimum atomic E-state index is -0.667. The first-order chi connectivity index (χ1) is 6.17. The molecule has 76 valence electrons. The Bertz CT molecular complexity index is 158. The molecular weight excluding hydrogens is 172 g/mol. The average Bonchev–Trinajstić information content (AvgIpc) is 2.06. The van der Waals surface area contributed by atoms with E-state index in [1.807, 2.05) is 0 Å². The standard InChI is InChI=1S/C9H16O4/c1-4-7(8(10)6-12-3)9(11)13-5-2/h7H,4-6H2,1-3H3. The van der Waals surface area contributed by atoms with Crippen LogP contribution in [0.25, 0.3) is 0 Å². The molecule has 0 bridgehead atoms. The van der Waals surface area contributed by atoms with E-state index in [0.717, 1.165) is 0 Å². The summed E-state index contributed by atoms with van der Waals surface area (Å²) in [4.78, 5) is 22.5. The van der Waals surface area contributed by atoms with Crippen LogP contribution in [0, 0.1) is 5.92 Å². The van der Waals surface area contributed by atoms with Gasteiger partial charge in [-0.2, -0.15) is 0 Å². The van der Waals surface area contributed by atoms with Gasteiger partial charge in [0, 0.05) is 7.11 Å². The van der Waals surface area contributed by atoms with Crippen LogP contribution in [0.4, 0.5) is 0 Å². The van der Waals surface area contributed by atoms with E-state index >= 15 is 0 Å². The molecule has 0 aromatic heterocycles. The lowest BCUT2D eigenvalue weighted by Crippen LogP contribution is -2.28. The molecule has 13 heavy (non-hydrogen) atoms. The molecule has 0 aromatic carbocycles. The van der Waals surface area contributed by atoms with Crippen molar-refractivity contribution in [2.45, 2.75) is 20.3 Å². The van der Waals surface area contributed by atoms with Crippen molar-refractivity contribution >= 4 is 11.8 Å². The predicted molar refractivity (Wildman–Crippen MR) is 47.3 cm³/mol. The highest BCUT2D eigenvalue weighted by atomic mass is 16.5. The molecule has 0 aliphatic rings. The average molecular weight is 188 g/mol. The molecule has 0 rings (SSSR count). The van der Waals surface area contributed by atoms with Crippen LogP contribution in [0.1, 0.15) is 20.3 Å². The van der Waals surface area contributed by atoms with Crippen LogP contribution >= 0.6 is 0 Å². The molecule has 4 nitrogen and oxygen atoms in total. The maximum atomic E-state index is 11.3. The monoisotopic (exact) mass is 188 g/mol.